The van der Waals surface area contributed by atoms with Gasteiger partial charge in [0.1, 0.15) is 0 Å². The van der Waals surface area contributed by atoms with Gasteiger partial charge in [-0.15, -0.1) is 0 Å². The van der Waals surface area contributed by atoms with Crippen LogP contribution in [0.5, 0.6) is 0 Å². The molecule has 1 atom stereocenters. The number of carbonyl (C=O) groups excluding carboxylic acids is 2. The molecule has 3 nitrogen and oxygen atoms in total. The molecule has 1 aromatic rings. The Bertz CT molecular complexity index is 474. The minimum absolute atomic E-state index is 0.130. The number of carbonyl (C=O) groups is 2. The van der Waals surface area contributed by atoms with Crippen LogP contribution in [0.15, 0.2) is 24.3 Å². The molecule has 2 rings (SSSR count). The molecule has 1 aliphatic rings. The van der Waals surface area contributed by atoms with E-state index in [1.807, 2.05) is 0 Å². The smallest absolute Gasteiger partial charge is 0.230 e. The number of amides is 2. The first kappa shape index (κ1) is 13.0. The normalized spacial score (nSPS) is 20.1. The summed E-state index contributed by atoms with van der Waals surface area (Å²) in [5, 5.41) is 3.77. The van der Waals surface area contributed by atoms with Gasteiger partial charge in [-0.2, -0.15) is 0 Å². The van der Waals surface area contributed by atoms with Gasteiger partial charge in [-0.1, -0.05) is 49.1 Å². The molecule has 18 heavy (non-hydrogen) atoms. The van der Waals surface area contributed by atoms with Gasteiger partial charge in [0.05, 0.1) is 14.0 Å². The summed E-state index contributed by atoms with van der Waals surface area (Å²) in [4.78, 5) is 22.6. The number of hydrogen-bond acceptors (Lipinski definition) is 2. The maximum absolute atomic E-state index is 11.5. The molecule has 0 aliphatic carbocycles. The third kappa shape index (κ3) is 2.87. The summed E-state index contributed by atoms with van der Waals surface area (Å²) in [5.41, 5.74) is 1.13. The van der Waals surface area contributed by atoms with Crippen LogP contribution in [0.4, 0.5) is 0 Å². The number of imide groups is 1. The second-order valence-corrected chi connectivity index (χ2v) is 11.0. The van der Waals surface area contributed by atoms with E-state index in [-0.39, 0.29) is 17.7 Å². The van der Waals surface area contributed by atoms with E-state index in [0.29, 0.717) is 12.8 Å². The van der Waals surface area contributed by atoms with Crippen LogP contribution >= 0.6 is 0 Å². The largest absolute Gasteiger partial charge is 0.296 e. The Morgan fingerprint density at radius 2 is 1.78 bits per heavy atom. The lowest BCUT2D eigenvalue weighted by Gasteiger charge is -2.17. The Morgan fingerprint density at radius 1 is 1.17 bits per heavy atom. The average molecular weight is 261 g/mol. The van der Waals surface area contributed by atoms with Crippen LogP contribution in [-0.2, 0) is 16.0 Å². The first-order valence-corrected chi connectivity index (χ1v) is 9.79. The van der Waals surface area contributed by atoms with E-state index < -0.39 is 8.07 Å². The lowest BCUT2D eigenvalue weighted by Crippen LogP contribution is -2.37. The molecule has 1 unspecified atom stereocenters. The lowest BCUT2D eigenvalue weighted by atomic mass is 9.98. The summed E-state index contributed by atoms with van der Waals surface area (Å²) in [5.74, 6) is -0.465. The molecule has 0 spiro atoms. The van der Waals surface area contributed by atoms with E-state index in [1.165, 1.54) is 5.19 Å². The quantitative estimate of drug-likeness (QED) is 0.661. The molecule has 0 bridgehead atoms. The van der Waals surface area contributed by atoms with Crippen molar-refractivity contribution < 1.29 is 9.59 Å². The van der Waals surface area contributed by atoms with Crippen LogP contribution in [0.1, 0.15) is 12.0 Å². The van der Waals surface area contributed by atoms with Crippen molar-refractivity contribution in [2.45, 2.75) is 32.5 Å². The van der Waals surface area contributed by atoms with Crippen molar-refractivity contribution in [1.29, 1.82) is 0 Å². The third-order valence-electron chi connectivity index (χ3n) is 3.37. The minimum Gasteiger partial charge on any atom is -0.296 e. The van der Waals surface area contributed by atoms with E-state index >= 15 is 0 Å². The predicted molar refractivity (Wildman–Crippen MR) is 74.4 cm³/mol. The first-order valence-electron chi connectivity index (χ1n) is 6.29. The molecule has 1 heterocycles. The van der Waals surface area contributed by atoms with Crippen molar-refractivity contribution in [2.24, 2.45) is 5.92 Å². The second kappa shape index (κ2) is 4.69. The summed E-state index contributed by atoms with van der Waals surface area (Å²) in [6.45, 7) is 6.93. The van der Waals surface area contributed by atoms with Crippen molar-refractivity contribution >= 4 is 25.1 Å². The van der Waals surface area contributed by atoms with Crippen molar-refractivity contribution in [3.8, 4) is 0 Å². The Hall–Kier alpha value is -1.42. The zero-order chi connectivity index (χ0) is 13.3. The highest BCUT2D eigenvalue weighted by Gasteiger charge is 2.30. The van der Waals surface area contributed by atoms with E-state index in [1.54, 1.807) is 0 Å². The molecular weight excluding hydrogens is 242 g/mol. The van der Waals surface area contributed by atoms with Crippen molar-refractivity contribution in [3.63, 3.8) is 0 Å². The van der Waals surface area contributed by atoms with Gasteiger partial charge >= 0.3 is 0 Å². The van der Waals surface area contributed by atoms with Crippen molar-refractivity contribution in [1.82, 2.24) is 5.32 Å². The van der Waals surface area contributed by atoms with Crippen LogP contribution in [-0.4, -0.2) is 19.9 Å². The van der Waals surface area contributed by atoms with Crippen LogP contribution in [0, 0.1) is 5.92 Å². The molecule has 1 aliphatic heterocycles. The molecule has 0 aromatic heterocycles. The topological polar surface area (TPSA) is 46.2 Å². The summed E-state index contributed by atoms with van der Waals surface area (Å²) in [6.07, 6.45) is 0.984. The van der Waals surface area contributed by atoms with Gasteiger partial charge in [-0.3, -0.25) is 14.9 Å². The maximum atomic E-state index is 11.5. The van der Waals surface area contributed by atoms with E-state index in [9.17, 15) is 9.59 Å². The highest BCUT2D eigenvalue weighted by Crippen LogP contribution is 2.17. The van der Waals surface area contributed by atoms with Gasteiger partial charge in [-0.05, 0) is 12.0 Å². The highest BCUT2D eigenvalue weighted by molar-refractivity contribution is 6.88. The Balaban J connectivity index is 2.07. The summed E-state index contributed by atoms with van der Waals surface area (Å²) in [7, 11) is -1.26. The van der Waals surface area contributed by atoms with Gasteiger partial charge in [0.15, 0.2) is 0 Å². The van der Waals surface area contributed by atoms with Gasteiger partial charge in [0.25, 0.3) is 0 Å². The standard InChI is InChI=1S/C14H19NO2Si/c1-18(2,3)12-6-4-10(5-7-12)8-11-9-13(16)15-14(11)17/h4-7,11H,8-9H2,1-3H3,(H,15,16,17). The number of rotatable bonds is 3. The zero-order valence-corrected chi connectivity index (χ0v) is 12.1. The lowest BCUT2D eigenvalue weighted by molar-refractivity contribution is -0.125. The fourth-order valence-corrected chi connectivity index (χ4v) is 3.36. The SMILES string of the molecule is C[Si](C)(C)c1ccc(CC2CC(=O)NC2=O)cc1. The molecular formula is C14H19NO2Si. The van der Waals surface area contributed by atoms with Crippen LogP contribution in [0.25, 0.3) is 0 Å². The number of nitrogens with one attached hydrogen (secondary N) is 1. The molecule has 0 saturated carbocycles. The molecule has 1 fully saturated rings. The monoisotopic (exact) mass is 261 g/mol. The second-order valence-electron chi connectivity index (χ2n) is 5.96. The molecule has 2 amide bonds. The van der Waals surface area contributed by atoms with Crippen molar-refractivity contribution in [3.05, 3.63) is 29.8 Å². The predicted octanol–water partition coefficient (Wildman–Crippen LogP) is 1.44. The Kier molecular flexibility index (Phi) is 3.39. The Labute approximate surface area is 109 Å². The van der Waals surface area contributed by atoms with Crippen LogP contribution in [0.3, 0.4) is 0 Å². The summed E-state index contributed by atoms with van der Waals surface area (Å²) < 4.78 is 0. The summed E-state index contributed by atoms with van der Waals surface area (Å²) >= 11 is 0. The van der Waals surface area contributed by atoms with E-state index in [4.69, 9.17) is 0 Å². The molecule has 1 N–H and O–H groups in total. The average Bonchev–Trinajstić information content (AvgIpc) is 2.57. The molecule has 1 saturated heterocycles. The highest BCUT2D eigenvalue weighted by atomic mass is 28.3. The van der Waals surface area contributed by atoms with Crippen LogP contribution in [0.2, 0.25) is 19.6 Å². The fraction of sp³-hybridized carbons (Fsp3) is 0.429. The fourth-order valence-electron chi connectivity index (χ4n) is 2.20. The third-order valence-corrected chi connectivity index (χ3v) is 5.43. The number of hydrogen-bond donors (Lipinski definition) is 1. The van der Waals surface area contributed by atoms with Crippen LogP contribution < -0.4 is 10.5 Å². The minimum atomic E-state index is -1.26. The summed E-state index contributed by atoms with van der Waals surface area (Å²) in [6, 6.07) is 8.50. The van der Waals surface area contributed by atoms with Crippen molar-refractivity contribution in [2.75, 3.05) is 0 Å². The van der Waals surface area contributed by atoms with Gasteiger partial charge in [-0.25, -0.2) is 0 Å². The van der Waals surface area contributed by atoms with E-state index in [2.05, 4.69) is 49.2 Å². The molecule has 0 radical (unpaired) electrons. The Morgan fingerprint density at radius 3 is 2.22 bits per heavy atom. The van der Waals surface area contributed by atoms with Gasteiger partial charge in [0.2, 0.25) is 11.8 Å². The van der Waals surface area contributed by atoms with Gasteiger partial charge in [0, 0.05) is 6.42 Å². The maximum Gasteiger partial charge on any atom is 0.230 e. The molecule has 96 valence electrons. The molecule has 4 heteroatoms. The van der Waals surface area contributed by atoms with E-state index in [0.717, 1.165) is 5.56 Å². The molecule has 1 aromatic carbocycles. The first-order chi connectivity index (χ1) is 8.36. The zero-order valence-electron chi connectivity index (χ0n) is 11.1. The number of benzene rings is 1. The van der Waals surface area contributed by atoms with Gasteiger partial charge < -0.3 is 0 Å².